The maximum absolute atomic E-state index is 12.0. The summed E-state index contributed by atoms with van der Waals surface area (Å²) in [7, 11) is 0. The van der Waals surface area contributed by atoms with E-state index in [0.717, 1.165) is 19.1 Å². The van der Waals surface area contributed by atoms with E-state index in [1.807, 2.05) is 0 Å². The van der Waals surface area contributed by atoms with Gasteiger partial charge in [0.05, 0.1) is 0 Å². The van der Waals surface area contributed by atoms with E-state index in [2.05, 4.69) is 4.79 Å². The highest BCUT2D eigenvalue weighted by Gasteiger charge is 2.35. The lowest BCUT2D eigenvalue weighted by Gasteiger charge is -2.34. The molecule has 1 aliphatic heterocycles. The number of amides is 1. The van der Waals surface area contributed by atoms with Gasteiger partial charge in [-0.05, 0) is 40.0 Å². The van der Waals surface area contributed by atoms with Crippen LogP contribution in [0.3, 0.4) is 0 Å². The summed E-state index contributed by atoms with van der Waals surface area (Å²) in [5.74, 6) is -0.372. The summed E-state index contributed by atoms with van der Waals surface area (Å²) in [6, 6.07) is -0.579. The molecule has 1 fully saturated rings. The molecular weight excluding hydrogens is 234 g/mol. The number of ether oxygens (including phenoxy) is 1. The molecule has 0 N–H and O–H groups in total. The number of carbonyl (C=O) groups excluding carboxylic acids is 2. The molecule has 0 aromatic carbocycles. The van der Waals surface area contributed by atoms with Crippen molar-refractivity contribution in [2.24, 2.45) is 0 Å². The number of piperidine rings is 1. The number of likely N-dealkylation sites (tertiary alicyclic amines) is 1. The van der Waals surface area contributed by atoms with Crippen LogP contribution in [0.2, 0.25) is 0 Å². The van der Waals surface area contributed by atoms with Crippen LogP contribution in [0, 0.1) is 0 Å². The van der Waals surface area contributed by atoms with Crippen LogP contribution in [0.5, 0.6) is 0 Å². The van der Waals surface area contributed by atoms with Crippen molar-refractivity contribution in [3.63, 3.8) is 0 Å². The van der Waals surface area contributed by atoms with Crippen molar-refractivity contribution < 1.29 is 19.1 Å². The Hall–Kier alpha value is -1.68. The van der Waals surface area contributed by atoms with Gasteiger partial charge in [-0.1, -0.05) is 0 Å². The standard InChI is InChI=1S/C12H19N3O3/c1-12(2,3)18-11(17)15-7-5-4-6-9(15)10(16)8-14-13/h8-9H,4-7H2,1-3H3/t9-/m0/s1. The summed E-state index contributed by atoms with van der Waals surface area (Å²) < 4.78 is 5.26. The van der Waals surface area contributed by atoms with E-state index in [9.17, 15) is 9.59 Å². The Kier molecular flexibility index (Phi) is 4.62. The first-order valence-electron chi connectivity index (χ1n) is 6.06. The van der Waals surface area contributed by atoms with Gasteiger partial charge in [0.2, 0.25) is 0 Å². The Morgan fingerprint density at radius 3 is 2.61 bits per heavy atom. The lowest BCUT2D eigenvalue weighted by Crippen LogP contribution is -2.50. The summed E-state index contributed by atoms with van der Waals surface area (Å²) in [6.45, 7) is 5.83. The van der Waals surface area contributed by atoms with Gasteiger partial charge in [0.15, 0.2) is 0 Å². The van der Waals surface area contributed by atoms with Crippen LogP contribution < -0.4 is 0 Å². The lowest BCUT2D eigenvalue weighted by atomic mass is 9.99. The van der Waals surface area contributed by atoms with E-state index >= 15 is 0 Å². The van der Waals surface area contributed by atoms with Gasteiger partial charge in [0.1, 0.15) is 11.6 Å². The average Bonchev–Trinajstić information content (AvgIpc) is 2.27. The van der Waals surface area contributed by atoms with Gasteiger partial charge in [-0.2, -0.15) is 4.79 Å². The van der Waals surface area contributed by atoms with Crippen LogP contribution >= 0.6 is 0 Å². The van der Waals surface area contributed by atoms with Crippen LogP contribution in [0.4, 0.5) is 4.79 Å². The number of hydrogen-bond acceptors (Lipinski definition) is 3. The summed E-state index contributed by atoms with van der Waals surface area (Å²) in [4.78, 5) is 27.8. The van der Waals surface area contributed by atoms with Crippen LogP contribution in [0.15, 0.2) is 0 Å². The van der Waals surface area contributed by atoms with Crippen molar-refractivity contribution in [3.8, 4) is 0 Å². The molecule has 0 radical (unpaired) electrons. The molecule has 1 rings (SSSR count). The second kappa shape index (κ2) is 5.78. The number of Topliss-reactive ketones (excluding diaryl/α,β-unsaturated/α-hetero) is 1. The predicted octanol–water partition coefficient (Wildman–Crippen LogP) is 1.65. The van der Waals surface area contributed by atoms with Crippen molar-refractivity contribution in [3.05, 3.63) is 5.53 Å². The molecular formula is C12H19N3O3. The highest BCUT2D eigenvalue weighted by atomic mass is 16.6. The zero-order chi connectivity index (χ0) is 13.8. The van der Waals surface area contributed by atoms with Crippen molar-refractivity contribution in [2.75, 3.05) is 6.54 Å². The van der Waals surface area contributed by atoms with Gasteiger partial charge in [0, 0.05) is 6.54 Å². The topological polar surface area (TPSA) is 83.0 Å². The van der Waals surface area contributed by atoms with Crippen molar-refractivity contribution in [1.29, 1.82) is 0 Å². The number of rotatable bonds is 2. The fourth-order valence-corrected chi connectivity index (χ4v) is 1.91. The van der Waals surface area contributed by atoms with Crippen LogP contribution in [-0.2, 0) is 9.53 Å². The third-order valence-corrected chi connectivity index (χ3v) is 2.64. The Balaban J connectivity index is 2.79. The number of carbonyl (C=O) groups is 2. The molecule has 0 unspecified atom stereocenters. The van der Waals surface area contributed by atoms with Crippen molar-refractivity contribution in [1.82, 2.24) is 4.90 Å². The normalized spacial score (nSPS) is 19.9. The fraction of sp³-hybridized carbons (Fsp3) is 0.750. The summed E-state index contributed by atoms with van der Waals surface area (Å²) >= 11 is 0. The van der Waals surface area contributed by atoms with Crippen LogP contribution in [0.25, 0.3) is 5.53 Å². The maximum Gasteiger partial charge on any atom is 0.410 e. The highest BCUT2D eigenvalue weighted by Crippen LogP contribution is 2.20. The Morgan fingerprint density at radius 1 is 1.39 bits per heavy atom. The monoisotopic (exact) mass is 253 g/mol. The average molecular weight is 253 g/mol. The van der Waals surface area contributed by atoms with E-state index in [-0.39, 0.29) is 5.78 Å². The molecule has 6 heteroatoms. The second-order valence-electron chi connectivity index (χ2n) is 5.33. The molecule has 0 aromatic rings. The second-order valence-corrected chi connectivity index (χ2v) is 5.33. The molecule has 0 saturated carbocycles. The first-order valence-corrected chi connectivity index (χ1v) is 6.06. The molecule has 0 spiro atoms. The number of nitrogens with zero attached hydrogens (tertiary/aromatic N) is 3. The van der Waals surface area contributed by atoms with Gasteiger partial charge < -0.3 is 10.3 Å². The smallest absolute Gasteiger partial charge is 0.410 e. The molecule has 0 aromatic heterocycles. The summed E-state index contributed by atoms with van der Waals surface area (Å²) in [5.41, 5.74) is 7.80. The molecule has 1 aliphatic rings. The minimum absolute atomic E-state index is 0.372. The first-order chi connectivity index (χ1) is 8.35. The Morgan fingerprint density at radius 2 is 2.06 bits per heavy atom. The molecule has 0 bridgehead atoms. The zero-order valence-electron chi connectivity index (χ0n) is 11.0. The van der Waals surface area contributed by atoms with Gasteiger partial charge in [-0.3, -0.25) is 9.69 Å². The Labute approximate surface area is 107 Å². The third-order valence-electron chi connectivity index (χ3n) is 2.64. The van der Waals surface area contributed by atoms with Crippen molar-refractivity contribution >= 4 is 18.1 Å². The maximum atomic E-state index is 12.0. The van der Waals surface area contributed by atoms with Gasteiger partial charge >= 0.3 is 12.3 Å². The molecule has 1 atom stereocenters. The molecule has 1 saturated heterocycles. The largest absolute Gasteiger partial charge is 0.444 e. The summed E-state index contributed by atoms with van der Waals surface area (Å²) in [5, 5.41) is 0. The minimum atomic E-state index is -0.590. The molecule has 18 heavy (non-hydrogen) atoms. The minimum Gasteiger partial charge on any atom is -0.444 e. The Bertz CT molecular complexity index is 381. The van der Waals surface area contributed by atoms with E-state index < -0.39 is 17.7 Å². The first kappa shape index (κ1) is 14.4. The molecule has 1 amide bonds. The SMILES string of the molecule is CC(C)(C)OC(=O)N1CCCC[C@H]1C(=O)C=[N+]=[N-]. The van der Waals surface area contributed by atoms with Crippen molar-refractivity contribution in [2.45, 2.75) is 51.7 Å². The molecule has 1 heterocycles. The third kappa shape index (κ3) is 3.96. The highest BCUT2D eigenvalue weighted by molar-refractivity contribution is 6.28. The van der Waals surface area contributed by atoms with E-state index in [4.69, 9.17) is 10.3 Å². The van der Waals surface area contributed by atoms with Crippen LogP contribution in [-0.4, -0.2) is 46.0 Å². The fourth-order valence-electron chi connectivity index (χ4n) is 1.91. The molecule has 0 aliphatic carbocycles. The summed E-state index contributed by atoms with van der Waals surface area (Å²) in [6.07, 6.45) is 2.64. The zero-order valence-corrected chi connectivity index (χ0v) is 11.0. The lowest BCUT2D eigenvalue weighted by molar-refractivity contribution is -0.122. The van der Waals surface area contributed by atoms with Gasteiger partial charge in [-0.25, -0.2) is 4.79 Å². The molecule has 6 nitrogen and oxygen atoms in total. The quantitative estimate of drug-likeness (QED) is 0.426. The van der Waals surface area contributed by atoms with Crippen LogP contribution in [0.1, 0.15) is 40.0 Å². The number of ketones is 1. The molecule has 100 valence electrons. The van der Waals surface area contributed by atoms with E-state index in [1.165, 1.54) is 4.90 Å². The number of hydrogen-bond donors (Lipinski definition) is 0. The van der Waals surface area contributed by atoms with E-state index in [0.29, 0.717) is 13.0 Å². The predicted molar refractivity (Wildman–Crippen MR) is 65.3 cm³/mol. The van der Waals surface area contributed by atoms with Gasteiger partial charge in [-0.15, -0.1) is 0 Å². The van der Waals surface area contributed by atoms with Gasteiger partial charge in [0.25, 0.3) is 5.78 Å². The van der Waals surface area contributed by atoms with E-state index in [1.54, 1.807) is 20.8 Å².